The number of aliphatic hydroxyl groups is 1. The number of rotatable bonds is 6. The van der Waals surface area contributed by atoms with E-state index in [1.807, 2.05) is 0 Å². The van der Waals surface area contributed by atoms with Crippen molar-refractivity contribution in [2.45, 2.75) is 26.4 Å². The minimum absolute atomic E-state index is 0.0874. The van der Waals surface area contributed by atoms with Gasteiger partial charge in [0.1, 0.15) is 5.82 Å². The third-order valence-corrected chi connectivity index (χ3v) is 3.02. The summed E-state index contributed by atoms with van der Waals surface area (Å²) in [7, 11) is 0. The van der Waals surface area contributed by atoms with Gasteiger partial charge in [-0.3, -0.25) is 0 Å². The molecule has 0 radical (unpaired) electrons. The van der Waals surface area contributed by atoms with E-state index in [2.05, 4.69) is 18.7 Å². The van der Waals surface area contributed by atoms with Gasteiger partial charge in [0.15, 0.2) is 0 Å². The Balaban J connectivity index is 2.57. The number of nitrogen functional groups attached to an aromatic ring is 1. The molecule has 0 aromatic heterocycles. The normalized spacial score (nSPS) is 13.0. The van der Waals surface area contributed by atoms with Crippen molar-refractivity contribution in [2.24, 2.45) is 0 Å². The van der Waals surface area contributed by atoms with Crippen molar-refractivity contribution in [1.82, 2.24) is 4.90 Å². The quantitative estimate of drug-likeness (QED) is 0.749. The highest BCUT2D eigenvalue weighted by Gasteiger charge is 2.11. The summed E-state index contributed by atoms with van der Waals surface area (Å²) in [5.41, 5.74) is 6.23. The Hall–Kier alpha value is -1.13. The highest BCUT2D eigenvalue weighted by molar-refractivity contribution is 5.43. The summed E-state index contributed by atoms with van der Waals surface area (Å²) < 4.78 is 13.0. The molecule has 0 aliphatic heterocycles. The third-order valence-electron chi connectivity index (χ3n) is 3.02. The first-order valence-electron chi connectivity index (χ1n) is 6.03. The molecule has 4 heteroatoms. The second-order valence-corrected chi connectivity index (χ2v) is 4.11. The van der Waals surface area contributed by atoms with Crippen molar-refractivity contribution in [2.75, 3.05) is 25.4 Å². The predicted molar refractivity (Wildman–Crippen MR) is 68.2 cm³/mol. The van der Waals surface area contributed by atoms with Gasteiger partial charge in [-0.25, -0.2) is 4.39 Å². The van der Waals surface area contributed by atoms with Crippen molar-refractivity contribution >= 4 is 5.69 Å². The monoisotopic (exact) mass is 240 g/mol. The molecule has 0 aliphatic carbocycles. The molecular formula is C13H21FN2O. The molecule has 0 spiro atoms. The Bertz CT molecular complexity index is 353. The highest BCUT2D eigenvalue weighted by Crippen LogP contribution is 2.21. The van der Waals surface area contributed by atoms with Crippen LogP contribution in [-0.4, -0.2) is 29.6 Å². The molecule has 1 aromatic carbocycles. The number of anilines is 1. The Morgan fingerprint density at radius 3 is 2.53 bits per heavy atom. The summed E-state index contributed by atoms with van der Waals surface area (Å²) in [6.07, 6.45) is 0.0470. The third kappa shape index (κ3) is 3.98. The molecule has 0 bridgehead atoms. The van der Waals surface area contributed by atoms with Crippen LogP contribution in [0.25, 0.3) is 0 Å². The SMILES string of the molecule is CCN(CC)CCC(O)c1ccc(F)c(N)c1. The van der Waals surface area contributed by atoms with E-state index < -0.39 is 11.9 Å². The maximum atomic E-state index is 13.0. The lowest BCUT2D eigenvalue weighted by molar-refractivity contribution is 0.145. The van der Waals surface area contributed by atoms with Gasteiger partial charge in [-0.05, 0) is 37.2 Å². The predicted octanol–water partition coefficient (Wildman–Crippen LogP) is 2.17. The zero-order valence-corrected chi connectivity index (χ0v) is 10.5. The van der Waals surface area contributed by atoms with Gasteiger partial charge in [0, 0.05) is 6.54 Å². The van der Waals surface area contributed by atoms with Crippen molar-refractivity contribution in [3.8, 4) is 0 Å². The van der Waals surface area contributed by atoms with Crippen LogP contribution in [0, 0.1) is 5.82 Å². The highest BCUT2D eigenvalue weighted by atomic mass is 19.1. The van der Waals surface area contributed by atoms with Crippen molar-refractivity contribution in [3.63, 3.8) is 0 Å². The molecule has 0 fully saturated rings. The van der Waals surface area contributed by atoms with E-state index >= 15 is 0 Å². The largest absolute Gasteiger partial charge is 0.396 e. The summed E-state index contributed by atoms with van der Waals surface area (Å²) in [5, 5.41) is 9.97. The van der Waals surface area contributed by atoms with E-state index in [0.717, 1.165) is 19.6 Å². The fraction of sp³-hybridized carbons (Fsp3) is 0.538. The molecule has 1 aromatic rings. The van der Waals surface area contributed by atoms with Crippen LogP contribution in [0.1, 0.15) is 31.9 Å². The number of benzene rings is 1. The van der Waals surface area contributed by atoms with E-state index in [-0.39, 0.29) is 5.69 Å². The van der Waals surface area contributed by atoms with E-state index in [1.54, 1.807) is 6.07 Å². The summed E-state index contributed by atoms with van der Waals surface area (Å²) >= 11 is 0. The van der Waals surface area contributed by atoms with Crippen molar-refractivity contribution in [1.29, 1.82) is 0 Å². The lowest BCUT2D eigenvalue weighted by Gasteiger charge is -2.20. The van der Waals surface area contributed by atoms with E-state index in [9.17, 15) is 9.50 Å². The summed E-state index contributed by atoms with van der Waals surface area (Å²) in [4.78, 5) is 2.23. The average molecular weight is 240 g/mol. The number of hydrogen-bond donors (Lipinski definition) is 2. The number of nitrogens with two attached hydrogens (primary N) is 1. The smallest absolute Gasteiger partial charge is 0.146 e. The summed E-state index contributed by atoms with van der Waals surface area (Å²) in [6.45, 7) is 6.94. The Morgan fingerprint density at radius 2 is 2.00 bits per heavy atom. The van der Waals surface area contributed by atoms with Gasteiger partial charge in [0.25, 0.3) is 0 Å². The molecule has 1 rings (SSSR count). The molecule has 0 aliphatic rings. The van der Waals surface area contributed by atoms with Gasteiger partial charge in [-0.1, -0.05) is 19.9 Å². The van der Waals surface area contributed by atoms with Gasteiger partial charge < -0.3 is 15.7 Å². The van der Waals surface area contributed by atoms with E-state index in [0.29, 0.717) is 12.0 Å². The molecule has 1 unspecified atom stereocenters. The lowest BCUT2D eigenvalue weighted by atomic mass is 10.1. The first kappa shape index (κ1) is 13.9. The Morgan fingerprint density at radius 1 is 1.35 bits per heavy atom. The van der Waals surface area contributed by atoms with Gasteiger partial charge in [-0.15, -0.1) is 0 Å². The van der Waals surface area contributed by atoms with E-state index in [1.165, 1.54) is 12.1 Å². The first-order valence-corrected chi connectivity index (χ1v) is 6.03. The summed E-state index contributed by atoms with van der Waals surface area (Å²) in [5.74, 6) is -0.440. The maximum Gasteiger partial charge on any atom is 0.146 e. The molecular weight excluding hydrogens is 219 g/mol. The van der Waals surface area contributed by atoms with Crippen LogP contribution in [0.3, 0.4) is 0 Å². The zero-order chi connectivity index (χ0) is 12.8. The Labute approximate surface area is 102 Å². The van der Waals surface area contributed by atoms with E-state index in [4.69, 9.17) is 5.73 Å². The second kappa shape index (κ2) is 6.57. The lowest BCUT2D eigenvalue weighted by Crippen LogP contribution is -2.25. The molecule has 17 heavy (non-hydrogen) atoms. The standard InChI is InChI=1S/C13H21FN2O/c1-3-16(4-2)8-7-13(17)10-5-6-11(14)12(15)9-10/h5-6,9,13,17H,3-4,7-8,15H2,1-2H3. The molecule has 1 atom stereocenters. The minimum atomic E-state index is -0.585. The molecule has 96 valence electrons. The molecule has 0 saturated heterocycles. The van der Waals surface area contributed by atoms with Crippen LogP contribution in [0.15, 0.2) is 18.2 Å². The molecule has 3 nitrogen and oxygen atoms in total. The van der Waals surface area contributed by atoms with Crippen LogP contribution >= 0.6 is 0 Å². The minimum Gasteiger partial charge on any atom is -0.396 e. The Kier molecular flexibility index (Phi) is 5.38. The molecule has 3 N–H and O–H groups in total. The number of nitrogens with zero attached hydrogens (tertiary/aromatic N) is 1. The van der Waals surface area contributed by atoms with Gasteiger partial charge in [0.05, 0.1) is 11.8 Å². The number of halogens is 1. The zero-order valence-electron chi connectivity index (χ0n) is 10.5. The molecule has 0 heterocycles. The van der Waals surface area contributed by atoms with Crippen LogP contribution in [0.2, 0.25) is 0 Å². The van der Waals surface area contributed by atoms with Gasteiger partial charge >= 0.3 is 0 Å². The fourth-order valence-electron chi connectivity index (χ4n) is 1.78. The first-order chi connectivity index (χ1) is 8.08. The van der Waals surface area contributed by atoms with Crippen LogP contribution < -0.4 is 5.73 Å². The van der Waals surface area contributed by atoms with Crippen LogP contribution in [0.5, 0.6) is 0 Å². The topological polar surface area (TPSA) is 49.5 Å². The van der Waals surface area contributed by atoms with Crippen molar-refractivity contribution in [3.05, 3.63) is 29.6 Å². The van der Waals surface area contributed by atoms with Crippen LogP contribution in [0.4, 0.5) is 10.1 Å². The van der Waals surface area contributed by atoms with Crippen molar-refractivity contribution < 1.29 is 9.50 Å². The molecule has 0 saturated carbocycles. The second-order valence-electron chi connectivity index (χ2n) is 4.11. The van der Waals surface area contributed by atoms with Gasteiger partial charge in [-0.2, -0.15) is 0 Å². The number of hydrogen-bond acceptors (Lipinski definition) is 3. The summed E-state index contributed by atoms with van der Waals surface area (Å²) in [6, 6.07) is 4.38. The maximum absolute atomic E-state index is 13.0. The van der Waals surface area contributed by atoms with Crippen LogP contribution in [-0.2, 0) is 0 Å². The molecule has 0 amide bonds. The average Bonchev–Trinajstić information content (AvgIpc) is 2.33. The fourth-order valence-corrected chi connectivity index (χ4v) is 1.78. The number of aliphatic hydroxyl groups excluding tert-OH is 1. The van der Waals surface area contributed by atoms with Gasteiger partial charge in [0.2, 0.25) is 0 Å².